The second kappa shape index (κ2) is 14.6. The fourth-order valence-corrected chi connectivity index (χ4v) is 11.9. The zero-order valence-electron chi connectivity index (χ0n) is 35.1. The van der Waals surface area contributed by atoms with Gasteiger partial charge in [-0.05, 0) is 133 Å². The SMILES string of the molecule is C1=CCCC(C2NC(C3=CCCC=C3)=NC(c3cc4ccccc4cc3N3C4=CC5=CC=C(n6c7c(c8ccccc86)C=C6C=CC=CC6C7)CC5CC4C4=C3CCC=C4)N2)=C1. The first-order valence-electron chi connectivity index (χ1n) is 23.1. The number of rotatable bonds is 5. The lowest BCUT2D eigenvalue weighted by molar-refractivity contribution is 0.429. The minimum Gasteiger partial charge on any atom is -0.351 e. The van der Waals surface area contributed by atoms with E-state index in [-0.39, 0.29) is 12.3 Å². The van der Waals surface area contributed by atoms with Crippen molar-refractivity contribution in [3.63, 3.8) is 0 Å². The van der Waals surface area contributed by atoms with Crippen LogP contribution in [0.1, 0.15) is 74.4 Å². The van der Waals surface area contributed by atoms with E-state index in [0.717, 1.165) is 63.6 Å². The van der Waals surface area contributed by atoms with Crippen molar-refractivity contribution in [2.75, 3.05) is 4.90 Å². The molecule has 304 valence electrons. The highest BCUT2D eigenvalue weighted by Gasteiger charge is 2.43. The maximum atomic E-state index is 5.56. The molecule has 13 rings (SSSR count). The van der Waals surface area contributed by atoms with E-state index >= 15 is 0 Å². The van der Waals surface area contributed by atoms with Gasteiger partial charge in [0.25, 0.3) is 0 Å². The Balaban J connectivity index is 0.937. The monoisotopic (exact) mass is 805 g/mol. The molecule has 2 aliphatic heterocycles. The van der Waals surface area contributed by atoms with Crippen LogP contribution in [-0.4, -0.2) is 16.6 Å². The number of amidine groups is 1. The molecule has 3 heterocycles. The third-order valence-electron chi connectivity index (χ3n) is 14.8. The van der Waals surface area contributed by atoms with Gasteiger partial charge in [-0.2, -0.15) is 0 Å². The minimum absolute atomic E-state index is 0.00758. The number of hydrogen-bond donors (Lipinski definition) is 2. The van der Waals surface area contributed by atoms with Gasteiger partial charge >= 0.3 is 0 Å². The lowest BCUT2D eigenvalue weighted by atomic mass is 9.74. The average molecular weight is 806 g/mol. The highest BCUT2D eigenvalue weighted by Crippen LogP contribution is 2.54. The number of allylic oxidation sites excluding steroid dienone is 19. The molecule has 5 unspecified atom stereocenters. The van der Waals surface area contributed by atoms with Gasteiger partial charge in [0, 0.05) is 56.7 Å². The van der Waals surface area contributed by atoms with Crippen molar-refractivity contribution in [3.8, 4) is 0 Å². The van der Waals surface area contributed by atoms with E-state index in [2.05, 4.69) is 178 Å². The number of aromatic nitrogens is 1. The first-order valence-corrected chi connectivity index (χ1v) is 23.1. The summed E-state index contributed by atoms with van der Waals surface area (Å²) in [6.45, 7) is 0. The van der Waals surface area contributed by atoms with Crippen molar-refractivity contribution in [1.82, 2.24) is 15.2 Å². The van der Waals surface area contributed by atoms with Crippen molar-refractivity contribution < 1.29 is 0 Å². The Bertz CT molecular complexity index is 3030. The molecule has 5 nitrogen and oxygen atoms in total. The van der Waals surface area contributed by atoms with Gasteiger partial charge in [-0.15, -0.1) is 0 Å². The zero-order chi connectivity index (χ0) is 40.7. The van der Waals surface area contributed by atoms with Crippen molar-refractivity contribution in [2.24, 2.45) is 22.7 Å². The van der Waals surface area contributed by atoms with E-state index in [0.29, 0.717) is 17.8 Å². The fourth-order valence-electron chi connectivity index (χ4n) is 11.9. The molecule has 0 radical (unpaired) electrons. The van der Waals surface area contributed by atoms with Gasteiger partial charge in [-0.25, -0.2) is 4.99 Å². The minimum atomic E-state index is -0.231. The Hall–Kier alpha value is -6.43. The van der Waals surface area contributed by atoms with Crippen LogP contribution in [0.15, 0.2) is 196 Å². The van der Waals surface area contributed by atoms with Gasteiger partial charge in [0.1, 0.15) is 18.2 Å². The molecule has 1 aromatic heterocycles. The smallest absolute Gasteiger partial charge is 0.131 e. The van der Waals surface area contributed by atoms with Gasteiger partial charge in [0.15, 0.2) is 0 Å². The molecule has 7 aliphatic carbocycles. The Morgan fingerprint density at radius 2 is 1.63 bits per heavy atom. The molecule has 0 bridgehead atoms. The highest BCUT2D eigenvalue weighted by molar-refractivity contribution is 6.02. The van der Waals surface area contributed by atoms with Crippen LogP contribution in [0.2, 0.25) is 0 Å². The lowest BCUT2D eigenvalue weighted by Crippen LogP contribution is -2.52. The maximum Gasteiger partial charge on any atom is 0.131 e. The highest BCUT2D eigenvalue weighted by atomic mass is 15.3. The predicted molar refractivity (Wildman–Crippen MR) is 257 cm³/mol. The van der Waals surface area contributed by atoms with E-state index in [9.17, 15) is 0 Å². The predicted octanol–water partition coefficient (Wildman–Crippen LogP) is 12.8. The molecule has 0 amide bonds. The Morgan fingerprint density at radius 3 is 2.53 bits per heavy atom. The second-order valence-electron chi connectivity index (χ2n) is 18.4. The number of nitrogens with zero attached hydrogens (tertiary/aromatic N) is 3. The van der Waals surface area contributed by atoms with Crippen molar-refractivity contribution in [2.45, 2.75) is 70.1 Å². The first-order chi connectivity index (χ1) is 30.7. The van der Waals surface area contributed by atoms with Crippen molar-refractivity contribution in [3.05, 3.63) is 208 Å². The Labute approximate surface area is 364 Å². The quantitative estimate of drug-likeness (QED) is 0.211. The standard InChI is InChI=1S/C57H51N5/c1-3-15-36(16-4-1)55-58-56(37-17-5-2-6-18-37)60-57(59-55)49-31-39-20-8-10-22-41(39)34-54(49)62-51-26-14-12-24-46(51)48-32-43-29-44(28-27-42(43)35-53(48)62)61-50-25-13-11-23-45(50)47-30-38-19-7-9-21-40(38)33-52(47)61/h1,3,5,7-13,15,17-25,27-28,30-31,34-35,40,43,48,55,57,59H,2,4,6,14,16,26,29,32-33H2,(H,58,60). The van der Waals surface area contributed by atoms with E-state index in [4.69, 9.17) is 4.99 Å². The van der Waals surface area contributed by atoms with Crippen LogP contribution >= 0.6 is 0 Å². The normalized spacial score (nSPS) is 26.9. The molecule has 62 heavy (non-hydrogen) atoms. The summed E-state index contributed by atoms with van der Waals surface area (Å²) in [5.74, 6) is 2.21. The topological polar surface area (TPSA) is 44.6 Å². The van der Waals surface area contributed by atoms with E-state index in [1.807, 2.05) is 0 Å². The van der Waals surface area contributed by atoms with Gasteiger partial charge < -0.3 is 14.8 Å². The molecule has 0 spiro atoms. The van der Waals surface area contributed by atoms with E-state index in [1.165, 1.54) is 89.1 Å². The summed E-state index contributed by atoms with van der Waals surface area (Å²) in [5.41, 5.74) is 17.9. The van der Waals surface area contributed by atoms with E-state index < -0.39 is 0 Å². The summed E-state index contributed by atoms with van der Waals surface area (Å²) < 4.78 is 2.64. The zero-order valence-corrected chi connectivity index (χ0v) is 35.1. The van der Waals surface area contributed by atoms with Crippen LogP contribution in [0, 0.1) is 17.8 Å². The maximum absolute atomic E-state index is 5.56. The van der Waals surface area contributed by atoms with Gasteiger partial charge in [-0.1, -0.05) is 121 Å². The summed E-state index contributed by atoms with van der Waals surface area (Å²) in [5, 5.41) is 11.8. The van der Waals surface area contributed by atoms with Gasteiger partial charge in [0.05, 0.1) is 11.2 Å². The molecule has 9 aliphatic rings. The number of benzene rings is 3. The molecule has 5 atom stereocenters. The number of aliphatic imine (C=N–C) groups is 1. The molecular formula is C57H51N5. The number of nitrogens with one attached hydrogen (secondary N) is 2. The molecule has 2 N–H and O–H groups in total. The molecule has 3 aromatic carbocycles. The summed E-state index contributed by atoms with van der Waals surface area (Å²) in [6, 6.07) is 22.8. The molecule has 4 aromatic rings. The Morgan fingerprint density at radius 1 is 0.742 bits per heavy atom. The van der Waals surface area contributed by atoms with Crippen molar-refractivity contribution in [1.29, 1.82) is 0 Å². The Kier molecular flexibility index (Phi) is 8.53. The summed E-state index contributed by atoms with van der Waals surface area (Å²) >= 11 is 0. The first kappa shape index (κ1) is 36.2. The average Bonchev–Trinajstić information content (AvgIpc) is 3.83. The lowest BCUT2D eigenvalue weighted by Gasteiger charge is -2.38. The van der Waals surface area contributed by atoms with Crippen LogP contribution in [0.3, 0.4) is 0 Å². The van der Waals surface area contributed by atoms with E-state index in [1.54, 1.807) is 0 Å². The van der Waals surface area contributed by atoms with Gasteiger partial charge in [-0.3, -0.25) is 5.32 Å². The number of para-hydroxylation sites is 1. The third-order valence-corrected chi connectivity index (χ3v) is 14.8. The summed E-state index contributed by atoms with van der Waals surface area (Å²) in [4.78, 5) is 8.25. The molecular weight excluding hydrogens is 755 g/mol. The number of fused-ring (bicyclic) bond motifs is 8. The summed E-state index contributed by atoms with van der Waals surface area (Å²) in [6.07, 6.45) is 46.9. The van der Waals surface area contributed by atoms with Gasteiger partial charge in [0.2, 0.25) is 0 Å². The largest absolute Gasteiger partial charge is 0.351 e. The van der Waals surface area contributed by atoms with Crippen LogP contribution in [0.4, 0.5) is 5.69 Å². The fraction of sp³-hybridized carbons (Fsp3) is 0.246. The van der Waals surface area contributed by atoms with Crippen LogP contribution < -0.4 is 15.5 Å². The van der Waals surface area contributed by atoms with Crippen molar-refractivity contribution >= 4 is 45.0 Å². The number of hydrogen-bond acceptors (Lipinski definition) is 4. The van der Waals surface area contributed by atoms with Crippen LogP contribution in [0.5, 0.6) is 0 Å². The second-order valence-corrected chi connectivity index (χ2v) is 18.4. The summed E-state index contributed by atoms with van der Waals surface area (Å²) in [7, 11) is 0. The van der Waals surface area contributed by atoms with Crippen LogP contribution in [-0.2, 0) is 6.42 Å². The van der Waals surface area contributed by atoms with Crippen LogP contribution in [0.25, 0.3) is 33.4 Å². The molecule has 5 heteroatoms. The molecule has 0 saturated heterocycles. The molecule has 0 saturated carbocycles. The molecule has 0 fully saturated rings. The number of anilines is 1. The third kappa shape index (κ3) is 5.89.